The molecule has 2 rings (SSSR count). The van der Waals surface area contributed by atoms with Crippen molar-refractivity contribution in [2.75, 3.05) is 11.9 Å². The van der Waals surface area contributed by atoms with E-state index in [1.807, 2.05) is 0 Å². The van der Waals surface area contributed by atoms with Crippen LogP contribution in [-0.2, 0) is 20.6 Å². The van der Waals surface area contributed by atoms with E-state index in [-0.39, 0.29) is 10.6 Å². The van der Waals surface area contributed by atoms with Gasteiger partial charge in [-0.2, -0.15) is 4.72 Å². The number of hydrogen-bond acceptors (Lipinski definition) is 4. The van der Waals surface area contributed by atoms with E-state index in [4.69, 9.17) is 16.3 Å². The molecule has 0 aliphatic rings. The Balaban J connectivity index is 2.05. The van der Waals surface area contributed by atoms with Gasteiger partial charge in [0.05, 0.1) is 5.75 Å². The van der Waals surface area contributed by atoms with E-state index in [1.54, 1.807) is 30.3 Å². The molecule has 0 aliphatic carbocycles. The maximum absolute atomic E-state index is 13.4. The number of carbonyl (C=O) groups is 1. The van der Waals surface area contributed by atoms with Crippen LogP contribution >= 0.6 is 11.6 Å². The maximum atomic E-state index is 13.4. The number of benzene rings is 2. The van der Waals surface area contributed by atoms with Crippen molar-refractivity contribution in [3.8, 4) is 5.75 Å². The number of anilines is 1. The third-order valence-corrected chi connectivity index (χ3v) is 5.69. The summed E-state index contributed by atoms with van der Waals surface area (Å²) in [5.74, 6) is -1.12. The van der Waals surface area contributed by atoms with Crippen molar-refractivity contribution in [1.29, 1.82) is 0 Å². The maximum Gasteiger partial charge on any atom is 0.245 e. The highest BCUT2D eigenvalue weighted by Gasteiger charge is 2.33. The number of sulfonamides is 1. The van der Waals surface area contributed by atoms with Crippen molar-refractivity contribution >= 4 is 33.2 Å². The molecular formula is C20H22ClFN2O4S. The van der Waals surface area contributed by atoms with Crippen LogP contribution in [0.15, 0.2) is 55.1 Å². The molecule has 0 bridgehead atoms. The lowest BCUT2D eigenvalue weighted by Crippen LogP contribution is -2.52. The molecule has 0 atom stereocenters. The Morgan fingerprint density at radius 1 is 1.24 bits per heavy atom. The molecule has 2 aromatic carbocycles. The first-order chi connectivity index (χ1) is 13.5. The molecule has 0 aromatic heterocycles. The highest BCUT2D eigenvalue weighted by Crippen LogP contribution is 2.21. The van der Waals surface area contributed by atoms with Gasteiger partial charge in [-0.05, 0) is 61.9 Å². The standard InChI is InChI=1S/C20H22ClFN2O4S/c1-4-11-28-17-8-6-16(7-9-17)23-19(25)20(2,3)24-29(26,27)13-14-12-15(22)5-10-18(14)21/h4-10,12,24H,1,11,13H2,2-3H3,(H,23,25). The van der Waals surface area contributed by atoms with Gasteiger partial charge in [-0.25, -0.2) is 12.8 Å². The van der Waals surface area contributed by atoms with E-state index < -0.39 is 33.0 Å². The van der Waals surface area contributed by atoms with E-state index in [0.29, 0.717) is 18.0 Å². The Hall–Kier alpha value is -2.42. The number of amides is 1. The van der Waals surface area contributed by atoms with Gasteiger partial charge in [0.15, 0.2) is 0 Å². The van der Waals surface area contributed by atoms with Crippen LogP contribution in [0.1, 0.15) is 19.4 Å². The van der Waals surface area contributed by atoms with Crippen molar-refractivity contribution in [1.82, 2.24) is 4.72 Å². The van der Waals surface area contributed by atoms with E-state index in [2.05, 4.69) is 16.6 Å². The lowest BCUT2D eigenvalue weighted by Gasteiger charge is -2.25. The number of ether oxygens (including phenoxy) is 1. The average molecular weight is 441 g/mol. The third-order valence-electron chi connectivity index (χ3n) is 3.81. The SMILES string of the molecule is C=CCOc1ccc(NC(=O)C(C)(C)NS(=O)(=O)Cc2cc(F)ccc2Cl)cc1. The summed E-state index contributed by atoms with van der Waals surface area (Å²) in [5.41, 5.74) is -0.886. The Bertz CT molecular complexity index is 992. The molecule has 9 heteroatoms. The van der Waals surface area contributed by atoms with Crippen LogP contribution in [0, 0.1) is 5.82 Å². The van der Waals surface area contributed by atoms with Gasteiger partial charge in [-0.15, -0.1) is 0 Å². The number of rotatable bonds is 9. The van der Waals surface area contributed by atoms with Crippen molar-refractivity contribution in [3.05, 3.63) is 71.5 Å². The van der Waals surface area contributed by atoms with Gasteiger partial charge in [-0.3, -0.25) is 4.79 Å². The first kappa shape index (κ1) is 22.9. The second-order valence-electron chi connectivity index (χ2n) is 6.80. The van der Waals surface area contributed by atoms with Crippen molar-refractivity contribution in [3.63, 3.8) is 0 Å². The summed E-state index contributed by atoms with van der Waals surface area (Å²) in [5, 5.41) is 2.77. The zero-order chi connectivity index (χ0) is 21.7. The second kappa shape index (κ2) is 9.39. The van der Waals surface area contributed by atoms with Crippen LogP contribution in [0.2, 0.25) is 5.02 Å². The first-order valence-corrected chi connectivity index (χ1v) is 10.7. The molecule has 6 nitrogen and oxygen atoms in total. The fourth-order valence-corrected chi connectivity index (χ4v) is 4.26. The summed E-state index contributed by atoms with van der Waals surface area (Å²) in [7, 11) is -3.98. The van der Waals surface area contributed by atoms with Gasteiger partial charge in [0.1, 0.15) is 23.7 Å². The predicted octanol–water partition coefficient (Wildman–Crippen LogP) is 3.88. The normalized spacial score (nSPS) is 11.7. The molecule has 2 aromatic rings. The van der Waals surface area contributed by atoms with Crippen molar-refractivity contribution in [2.24, 2.45) is 0 Å². The molecule has 0 fully saturated rings. The fraction of sp³-hybridized carbons (Fsp3) is 0.250. The zero-order valence-corrected chi connectivity index (χ0v) is 17.6. The van der Waals surface area contributed by atoms with Crippen molar-refractivity contribution in [2.45, 2.75) is 25.1 Å². The minimum Gasteiger partial charge on any atom is -0.490 e. The molecule has 0 aliphatic heterocycles. The van der Waals surface area contributed by atoms with Gasteiger partial charge in [0.25, 0.3) is 0 Å². The minimum atomic E-state index is -3.98. The lowest BCUT2D eigenvalue weighted by atomic mass is 10.1. The molecule has 0 heterocycles. The van der Waals surface area contributed by atoms with Crippen LogP contribution < -0.4 is 14.8 Å². The van der Waals surface area contributed by atoms with Gasteiger partial charge in [0.2, 0.25) is 15.9 Å². The molecule has 0 spiro atoms. The summed E-state index contributed by atoms with van der Waals surface area (Å²) < 4.78 is 46.0. The van der Waals surface area contributed by atoms with Crippen LogP contribution in [0.4, 0.5) is 10.1 Å². The van der Waals surface area contributed by atoms with E-state index in [9.17, 15) is 17.6 Å². The number of hydrogen-bond donors (Lipinski definition) is 2. The van der Waals surface area contributed by atoms with Gasteiger partial charge < -0.3 is 10.1 Å². The zero-order valence-electron chi connectivity index (χ0n) is 16.0. The lowest BCUT2D eigenvalue weighted by molar-refractivity contribution is -0.120. The number of carbonyl (C=O) groups excluding carboxylic acids is 1. The van der Waals surface area contributed by atoms with E-state index in [0.717, 1.165) is 12.1 Å². The summed E-state index contributed by atoms with van der Waals surface area (Å²) in [6.07, 6.45) is 1.61. The van der Waals surface area contributed by atoms with Crippen LogP contribution in [0.25, 0.3) is 0 Å². The summed E-state index contributed by atoms with van der Waals surface area (Å²) in [4.78, 5) is 12.6. The quantitative estimate of drug-likeness (QED) is 0.579. The van der Waals surface area contributed by atoms with Crippen LogP contribution in [-0.4, -0.2) is 26.5 Å². The molecule has 0 unspecified atom stereocenters. The molecular weight excluding hydrogens is 419 g/mol. The van der Waals surface area contributed by atoms with Crippen molar-refractivity contribution < 1.29 is 22.3 Å². The summed E-state index contributed by atoms with van der Waals surface area (Å²) >= 11 is 5.93. The van der Waals surface area contributed by atoms with E-state index >= 15 is 0 Å². The Morgan fingerprint density at radius 3 is 2.52 bits per heavy atom. The Kier molecular flexibility index (Phi) is 7.40. The minimum absolute atomic E-state index is 0.102. The highest BCUT2D eigenvalue weighted by atomic mass is 35.5. The Labute approximate surface area is 174 Å². The average Bonchev–Trinajstić information content (AvgIpc) is 2.63. The van der Waals surface area contributed by atoms with Crippen LogP contribution in [0.5, 0.6) is 5.75 Å². The molecule has 2 N–H and O–H groups in total. The third kappa shape index (κ3) is 6.85. The first-order valence-electron chi connectivity index (χ1n) is 8.63. The monoisotopic (exact) mass is 440 g/mol. The van der Waals surface area contributed by atoms with Gasteiger partial charge >= 0.3 is 0 Å². The van der Waals surface area contributed by atoms with Gasteiger partial charge in [-0.1, -0.05) is 24.3 Å². The van der Waals surface area contributed by atoms with Gasteiger partial charge in [0, 0.05) is 10.7 Å². The second-order valence-corrected chi connectivity index (χ2v) is 8.93. The summed E-state index contributed by atoms with van der Waals surface area (Å²) in [6, 6.07) is 10.1. The molecule has 0 radical (unpaired) electrons. The molecule has 0 saturated carbocycles. The Morgan fingerprint density at radius 2 is 1.90 bits per heavy atom. The van der Waals surface area contributed by atoms with Crippen LogP contribution in [0.3, 0.4) is 0 Å². The molecule has 0 saturated heterocycles. The molecule has 29 heavy (non-hydrogen) atoms. The molecule has 1 amide bonds. The fourth-order valence-electron chi connectivity index (χ4n) is 2.41. The molecule has 156 valence electrons. The predicted molar refractivity (Wildman–Crippen MR) is 112 cm³/mol. The van der Waals surface area contributed by atoms with E-state index in [1.165, 1.54) is 19.9 Å². The summed E-state index contributed by atoms with van der Waals surface area (Å²) in [6.45, 7) is 6.77. The largest absolute Gasteiger partial charge is 0.490 e. The topological polar surface area (TPSA) is 84.5 Å². The highest BCUT2D eigenvalue weighted by molar-refractivity contribution is 7.88. The number of halogens is 2. The number of nitrogens with one attached hydrogen (secondary N) is 2. The smallest absolute Gasteiger partial charge is 0.245 e.